The monoisotopic (exact) mass is 377 g/mol. The molecule has 0 atom stereocenters. The van der Waals surface area contributed by atoms with E-state index in [4.69, 9.17) is 10.00 Å². The van der Waals surface area contributed by atoms with E-state index in [-0.39, 0.29) is 12.5 Å². The molecule has 27 heavy (non-hydrogen) atoms. The lowest BCUT2D eigenvalue weighted by Gasteiger charge is -2.13. The number of aliphatic imine (C=N–C) groups is 1. The number of carbonyl (C=O) groups is 1. The molecule has 1 saturated heterocycles. The lowest BCUT2D eigenvalue weighted by molar-refractivity contribution is -0.122. The maximum atomic E-state index is 12.9. The summed E-state index contributed by atoms with van der Waals surface area (Å²) >= 11 is 1.36. The average Bonchev–Trinajstić information content (AvgIpc) is 2.97. The van der Waals surface area contributed by atoms with Gasteiger partial charge < -0.3 is 4.74 Å². The number of benzene rings is 2. The van der Waals surface area contributed by atoms with Crippen molar-refractivity contribution in [3.63, 3.8) is 0 Å². The lowest BCUT2D eigenvalue weighted by atomic mass is 10.2. The Morgan fingerprint density at radius 2 is 1.93 bits per heavy atom. The minimum Gasteiger partial charge on any atom is -0.478 e. The van der Waals surface area contributed by atoms with Gasteiger partial charge in [-0.1, -0.05) is 43.3 Å². The summed E-state index contributed by atoms with van der Waals surface area (Å²) in [6.07, 6.45) is 2.64. The molecule has 0 unspecified atom stereocenters. The first kappa shape index (κ1) is 18.7. The SMILES string of the molecule is CCCN1C(=O)/C(=C\c2ccccc2OCC#N)SC1=Nc1ccccc1. The number of para-hydroxylation sites is 2. The summed E-state index contributed by atoms with van der Waals surface area (Å²) in [5.41, 5.74) is 1.58. The summed E-state index contributed by atoms with van der Waals surface area (Å²) in [4.78, 5) is 19.8. The molecule has 1 aliphatic heterocycles. The van der Waals surface area contributed by atoms with Gasteiger partial charge in [0.2, 0.25) is 0 Å². The highest BCUT2D eigenvalue weighted by atomic mass is 32.2. The third kappa shape index (κ3) is 4.57. The van der Waals surface area contributed by atoms with Crippen LogP contribution in [0.4, 0.5) is 5.69 Å². The number of hydrogen-bond acceptors (Lipinski definition) is 5. The van der Waals surface area contributed by atoms with Gasteiger partial charge in [0.05, 0.1) is 10.6 Å². The Morgan fingerprint density at radius 1 is 1.19 bits per heavy atom. The standard InChI is InChI=1S/C21H19N3O2S/c1-2-13-24-20(25)19(27-21(24)23-17-9-4-3-5-10-17)15-16-8-6-7-11-18(16)26-14-12-22/h3-11,15H,2,13-14H2,1H3/b19-15+,23-21?. The lowest BCUT2D eigenvalue weighted by Crippen LogP contribution is -2.29. The smallest absolute Gasteiger partial charge is 0.266 e. The second-order valence-corrected chi connectivity index (χ2v) is 6.79. The van der Waals surface area contributed by atoms with Crippen LogP contribution in [0.2, 0.25) is 0 Å². The quantitative estimate of drug-likeness (QED) is 0.690. The molecular formula is C21H19N3O2S. The zero-order valence-electron chi connectivity index (χ0n) is 15.0. The van der Waals surface area contributed by atoms with Gasteiger partial charge in [0.15, 0.2) is 11.8 Å². The van der Waals surface area contributed by atoms with Crippen LogP contribution in [0.1, 0.15) is 18.9 Å². The summed E-state index contributed by atoms with van der Waals surface area (Å²) in [5.74, 6) is 0.516. The van der Waals surface area contributed by atoms with E-state index in [9.17, 15) is 4.79 Å². The van der Waals surface area contributed by atoms with Crippen LogP contribution < -0.4 is 4.74 Å². The summed E-state index contributed by atoms with van der Waals surface area (Å²) < 4.78 is 5.46. The van der Waals surface area contributed by atoms with Gasteiger partial charge in [-0.05, 0) is 42.5 Å². The van der Waals surface area contributed by atoms with Crippen LogP contribution in [0.5, 0.6) is 5.75 Å². The Labute approximate surface area is 163 Å². The van der Waals surface area contributed by atoms with Crippen molar-refractivity contribution in [1.29, 1.82) is 5.26 Å². The van der Waals surface area contributed by atoms with Crippen LogP contribution in [0.3, 0.4) is 0 Å². The van der Waals surface area contributed by atoms with Gasteiger partial charge in [0.1, 0.15) is 11.8 Å². The number of rotatable bonds is 6. The van der Waals surface area contributed by atoms with Crippen LogP contribution in [-0.4, -0.2) is 29.1 Å². The van der Waals surface area contributed by atoms with Gasteiger partial charge in [-0.25, -0.2) is 4.99 Å². The van der Waals surface area contributed by atoms with Gasteiger partial charge >= 0.3 is 0 Å². The summed E-state index contributed by atoms with van der Waals surface area (Å²) in [7, 11) is 0. The van der Waals surface area contributed by atoms with E-state index in [1.165, 1.54) is 11.8 Å². The van der Waals surface area contributed by atoms with Crippen LogP contribution in [0, 0.1) is 11.3 Å². The first-order valence-electron chi connectivity index (χ1n) is 8.67. The first-order valence-corrected chi connectivity index (χ1v) is 9.48. The Balaban J connectivity index is 1.93. The molecule has 5 nitrogen and oxygen atoms in total. The van der Waals surface area contributed by atoms with Crippen LogP contribution in [0.25, 0.3) is 6.08 Å². The highest BCUT2D eigenvalue weighted by Crippen LogP contribution is 2.35. The van der Waals surface area contributed by atoms with E-state index >= 15 is 0 Å². The molecule has 0 bridgehead atoms. The minimum atomic E-state index is -0.0633. The van der Waals surface area contributed by atoms with Gasteiger partial charge in [-0.2, -0.15) is 5.26 Å². The molecule has 2 aromatic carbocycles. The van der Waals surface area contributed by atoms with E-state index in [0.29, 0.717) is 22.4 Å². The highest BCUT2D eigenvalue weighted by Gasteiger charge is 2.32. The number of carbonyl (C=O) groups excluding carboxylic acids is 1. The van der Waals surface area contributed by atoms with Crippen molar-refractivity contribution in [2.75, 3.05) is 13.2 Å². The second kappa shape index (κ2) is 9.06. The fourth-order valence-corrected chi connectivity index (χ4v) is 3.62. The summed E-state index contributed by atoms with van der Waals surface area (Å²) in [5, 5.41) is 9.42. The molecule has 0 aromatic heterocycles. The largest absolute Gasteiger partial charge is 0.478 e. The molecule has 1 heterocycles. The molecule has 1 fully saturated rings. The molecule has 0 saturated carbocycles. The van der Waals surface area contributed by atoms with E-state index in [1.54, 1.807) is 17.0 Å². The molecule has 3 rings (SSSR count). The molecule has 0 aliphatic carbocycles. The molecule has 2 aromatic rings. The molecule has 1 amide bonds. The van der Waals surface area contributed by atoms with Gasteiger partial charge in [-0.3, -0.25) is 9.69 Å². The first-order chi connectivity index (χ1) is 13.2. The van der Waals surface area contributed by atoms with Crippen LogP contribution in [-0.2, 0) is 4.79 Å². The van der Waals surface area contributed by atoms with Gasteiger partial charge in [0, 0.05) is 12.1 Å². The average molecular weight is 377 g/mol. The third-order valence-corrected chi connectivity index (χ3v) is 4.82. The maximum absolute atomic E-state index is 12.9. The predicted molar refractivity (Wildman–Crippen MR) is 109 cm³/mol. The van der Waals surface area contributed by atoms with Crippen LogP contribution in [0.15, 0.2) is 64.5 Å². The predicted octanol–water partition coefficient (Wildman–Crippen LogP) is 4.60. The van der Waals surface area contributed by atoms with Gasteiger partial charge in [0.25, 0.3) is 5.91 Å². The number of thioether (sulfide) groups is 1. The second-order valence-electron chi connectivity index (χ2n) is 5.78. The molecule has 0 radical (unpaired) electrons. The van der Waals surface area contributed by atoms with Crippen molar-refractivity contribution in [2.24, 2.45) is 4.99 Å². The Hall–Kier alpha value is -3.04. The van der Waals surface area contributed by atoms with Crippen molar-refractivity contribution in [3.05, 3.63) is 65.1 Å². The van der Waals surface area contributed by atoms with Crippen molar-refractivity contribution in [3.8, 4) is 11.8 Å². The maximum Gasteiger partial charge on any atom is 0.266 e. The van der Waals surface area contributed by atoms with Gasteiger partial charge in [-0.15, -0.1) is 0 Å². The molecule has 136 valence electrons. The van der Waals surface area contributed by atoms with Crippen molar-refractivity contribution in [2.45, 2.75) is 13.3 Å². The number of nitriles is 1. The number of ether oxygens (including phenoxy) is 1. The molecule has 1 aliphatic rings. The minimum absolute atomic E-state index is 0.0377. The zero-order chi connectivity index (χ0) is 19.1. The molecule has 6 heteroatoms. The van der Waals surface area contributed by atoms with E-state index in [2.05, 4.69) is 4.99 Å². The summed E-state index contributed by atoms with van der Waals surface area (Å²) in [6, 6.07) is 18.9. The van der Waals surface area contributed by atoms with Crippen molar-refractivity contribution in [1.82, 2.24) is 4.90 Å². The van der Waals surface area contributed by atoms with E-state index in [0.717, 1.165) is 17.7 Å². The van der Waals surface area contributed by atoms with E-state index < -0.39 is 0 Å². The Kier molecular flexibility index (Phi) is 6.29. The number of hydrogen-bond donors (Lipinski definition) is 0. The molecule has 0 spiro atoms. The normalized spacial score (nSPS) is 16.7. The topological polar surface area (TPSA) is 65.7 Å². The zero-order valence-corrected chi connectivity index (χ0v) is 15.8. The number of amidine groups is 1. The number of nitrogens with zero attached hydrogens (tertiary/aromatic N) is 3. The Bertz CT molecular complexity index is 917. The van der Waals surface area contributed by atoms with Crippen molar-refractivity contribution < 1.29 is 9.53 Å². The summed E-state index contributed by atoms with van der Waals surface area (Å²) in [6.45, 7) is 2.61. The van der Waals surface area contributed by atoms with E-state index in [1.807, 2.05) is 61.5 Å². The van der Waals surface area contributed by atoms with Crippen molar-refractivity contribution >= 4 is 34.6 Å². The number of amides is 1. The molecular weight excluding hydrogens is 358 g/mol. The highest BCUT2D eigenvalue weighted by molar-refractivity contribution is 8.18. The molecule has 0 N–H and O–H groups in total. The van der Waals surface area contributed by atoms with Crippen LogP contribution >= 0.6 is 11.8 Å². The fraction of sp³-hybridized carbons (Fsp3) is 0.190. The Morgan fingerprint density at radius 3 is 2.67 bits per heavy atom. The third-order valence-electron chi connectivity index (χ3n) is 3.81. The fourth-order valence-electron chi connectivity index (χ4n) is 2.61.